The molecule has 0 nitrogen and oxygen atoms in total. The van der Waals surface area contributed by atoms with E-state index in [0.29, 0.717) is 5.41 Å². The Bertz CT molecular complexity index is 591. The standard InChI is InChI=1S/C28H48/c1-19(2)8-6-9-20(3)23-11-12-24-22-13-17-28-18-21(28)10-7-15-27(28,5)25(22)14-16-26(23,24)4/h19-25H,6-18H2,1-5H3/t20-,21-,22+,23-,24+,25+,26-,27-,28+/m1/s1. The summed E-state index contributed by atoms with van der Waals surface area (Å²) >= 11 is 0. The molecule has 1 spiro atoms. The third kappa shape index (κ3) is 2.67. The molecule has 0 amide bonds. The van der Waals surface area contributed by atoms with Crippen molar-refractivity contribution in [3.63, 3.8) is 0 Å². The molecular formula is C28H48. The van der Waals surface area contributed by atoms with Gasteiger partial charge in [-0.05, 0) is 115 Å². The normalized spacial score (nSPS) is 53.1. The Morgan fingerprint density at radius 2 is 1.64 bits per heavy atom. The lowest BCUT2D eigenvalue weighted by Gasteiger charge is -2.61. The quantitative estimate of drug-likeness (QED) is 0.445. The molecule has 0 N–H and O–H groups in total. The second-order valence-electron chi connectivity index (χ2n) is 13.3. The van der Waals surface area contributed by atoms with Crippen molar-refractivity contribution < 1.29 is 0 Å². The van der Waals surface area contributed by atoms with Crippen molar-refractivity contribution in [2.24, 2.45) is 57.7 Å². The van der Waals surface area contributed by atoms with E-state index in [-0.39, 0.29) is 0 Å². The molecule has 5 aliphatic rings. The summed E-state index contributed by atoms with van der Waals surface area (Å²) in [5.74, 6) is 7.23. The predicted molar refractivity (Wildman–Crippen MR) is 120 cm³/mol. The van der Waals surface area contributed by atoms with Gasteiger partial charge < -0.3 is 0 Å². The van der Waals surface area contributed by atoms with Crippen molar-refractivity contribution in [3.8, 4) is 0 Å². The van der Waals surface area contributed by atoms with Crippen LogP contribution in [0.15, 0.2) is 0 Å². The molecule has 0 aromatic carbocycles. The van der Waals surface area contributed by atoms with E-state index in [4.69, 9.17) is 0 Å². The van der Waals surface area contributed by atoms with E-state index in [9.17, 15) is 0 Å². The summed E-state index contributed by atoms with van der Waals surface area (Å²) in [7, 11) is 0. The maximum absolute atomic E-state index is 2.78. The van der Waals surface area contributed by atoms with Gasteiger partial charge in [0.15, 0.2) is 0 Å². The van der Waals surface area contributed by atoms with E-state index in [1.165, 1.54) is 19.3 Å². The number of hydrogen-bond acceptors (Lipinski definition) is 0. The molecule has 9 atom stereocenters. The van der Waals surface area contributed by atoms with E-state index < -0.39 is 0 Å². The topological polar surface area (TPSA) is 0 Å². The first-order chi connectivity index (χ1) is 13.3. The highest BCUT2D eigenvalue weighted by molar-refractivity contribution is 5.20. The first-order valence-electron chi connectivity index (χ1n) is 13.3. The Kier molecular flexibility index (Phi) is 4.81. The second-order valence-corrected chi connectivity index (χ2v) is 13.3. The van der Waals surface area contributed by atoms with Gasteiger partial charge >= 0.3 is 0 Å². The molecule has 5 fully saturated rings. The van der Waals surface area contributed by atoms with Gasteiger partial charge in [0.2, 0.25) is 0 Å². The minimum Gasteiger partial charge on any atom is -0.0628 e. The van der Waals surface area contributed by atoms with Crippen molar-refractivity contribution in [1.82, 2.24) is 0 Å². The van der Waals surface area contributed by atoms with E-state index in [0.717, 1.165) is 52.3 Å². The van der Waals surface area contributed by atoms with E-state index in [1.54, 1.807) is 64.2 Å². The van der Waals surface area contributed by atoms with Crippen LogP contribution in [0.3, 0.4) is 0 Å². The van der Waals surface area contributed by atoms with E-state index in [2.05, 4.69) is 34.6 Å². The van der Waals surface area contributed by atoms with E-state index in [1.807, 2.05) is 0 Å². The van der Waals surface area contributed by atoms with Crippen LogP contribution < -0.4 is 0 Å². The summed E-state index contributed by atoms with van der Waals surface area (Å²) in [6, 6.07) is 0. The van der Waals surface area contributed by atoms with Crippen LogP contribution >= 0.6 is 0 Å². The summed E-state index contributed by atoms with van der Waals surface area (Å²) in [6.45, 7) is 13.0. The van der Waals surface area contributed by atoms with Crippen LogP contribution in [-0.4, -0.2) is 0 Å². The molecule has 0 radical (unpaired) electrons. The monoisotopic (exact) mass is 384 g/mol. The lowest BCUT2D eigenvalue weighted by Crippen LogP contribution is -2.54. The van der Waals surface area contributed by atoms with Crippen LogP contribution in [0.5, 0.6) is 0 Å². The first-order valence-corrected chi connectivity index (χ1v) is 13.3. The van der Waals surface area contributed by atoms with Gasteiger partial charge in [0.25, 0.3) is 0 Å². The smallest absolute Gasteiger partial charge is 0.0209 e. The van der Waals surface area contributed by atoms with Crippen LogP contribution in [0.1, 0.15) is 118 Å². The number of fused-ring (bicyclic) bond motifs is 4. The SMILES string of the molecule is CC(C)CCC[C@@H](C)[C@H]1CC[C@H]2[C@@H]3CC[C@]45C[C@H]4CCC[C@]5(C)[C@H]3CC[C@]12C. The third-order valence-electron chi connectivity index (χ3n) is 12.0. The Morgan fingerprint density at radius 3 is 2.43 bits per heavy atom. The molecule has 0 unspecified atom stereocenters. The molecule has 5 saturated carbocycles. The van der Waals surface area contributed by atoms with Gasteiger partial charge in [0, 0.05) is 0 Å². The zero-order valence-corrected chi connectivity index (χ0v) is 19.7. The van der Waals surface area contributed by atoms with Crippen molar-refractivity contribution in [2.75, 3.05) is 0 Å². The summed E-state index contributed by atoms with van der Waals surface area (Å²) in [5.41, 5.74) is 2.22. The van der Waals surface area contributed by atoms with Crippen molar-refractivity contribution in [1.29, 1.82) is 0 Å². The summed E-state index contributed by atoms with van der Waals surface area (Å²) < 4.78 is 0. The van der Waals surface area contributed by atoms with Crippen molar-refractivity contribution in [2.45, 2.75) is 118 Å². The average Bonchev–Trinajstić information content (AvgIpc) is 3.26. The molecule has 5 aliphatic carbocycles. The third-order valence-corrected chi connectivity index (χ3v) is 12.0. The molecule has 0 bridgehead atoms. The fraction of sp³-hybridized carbons (Fsp3) is 1.00. The van der Waals surface area contributed by atoms with Crippen LogP contribution in [0.2, 0.25) is 0 Å². The highest BCUT2D eigenvalue weighted by Gasteiger charge is 2.71. The molecule has 0 aromatic heterocycles. The maximum atomic E-state index is 2.78. The van der Waals surface area contributed by atoms with Gasteiger partial charge in [-0.1, -0.05) is 60.3 Å². The number of hydrogen-bond donors (Lipinski definition) is 0. The maximum Gasteiger partial charge on any atom is -0.0209 e. The largest absolute Gasteiger partial charge is 0.0628 e. The molecule has 28 heavy (non-hydrogen) atoms. The fourth-order valence-corrected chi connectivity index (χ4v) is 10.5. The zero-order chi connectivity index (χ0) is 19.7. The van der Waals surface area contributed by atoms with Gasteiger partial charge in [-0.2, -0.15) is 0 Å². The van der Waals surface area contributed by atoms with Crippen molar-refractivity contribution in [3.05, 3.63) is 0 Å². The van der Waals surface area contributed by atoms with Crippen LogP contribution in [0.25, 0.3) is 0 Å². The van der Waals surface area contributed by atoms with Gasteiger partial charge in [-0.3, -0.25) is 0 Å². The Labute approximate surface area is 176 Å². The fourth-order valence-electron chi connectivity index (χ4n) is 10.5. The van der Waals surface area contributed by atoms with Gasteiger partial charge in [0.1, 0.15) is 0 Å². The predicted octanol–water partition coefficient (Wildman–Crippen LogP) is 8.50. The summed E-state index contributed by atoms with van der Waals surface area (Å²) in [4.78, 5) is 0. The Hall–Kier alpha value is 0. The first kappa shape index (κ1) is 19.9. The molecule has 0 saturated heterocycles. The minimum absolute atomic E-state index is 0.677. The minimum atomic E-state index is 0.677. The summed E-state index contributed by atoms with van der Waals surface area (Å²) in [6.07, 6.45) is 20.2. The number of rotatable bonds is 5. The molecule has 0 heterocycles. The lowest BCUT2D eigenvalue weighted by atomic mass is 9.43. The molecule has 0 aromatic rings. The molecule has 5 rings (SSSR count). The van der Waals surface area contributed by atoms with Crippen LogP contribution in [0.4, 0.5) is 0 Å². The Balaban J connectivity index is 1.32. The van der Waals surface area contributed by atoms with Gasteiger partial charge in [-0.25, -0.2) is 0 Å². The van der Waals surface area contributed by atoms with Gasteiger partial charge in [0.05, 0.1) is 0 Å². The molecular weight excluding hydrogens is 336 g/mol. The summed E-state index contributed by atoms with van der Waals surface area (Å²) in [5, 5.41) is 0. The van der Waals surface area contributed by atoms with Crippen LogP contribution in [0, 0.1) is 57.7 Å². The molecule has 0 aliphatic heterocycles. The molecule has 160 valence electrons. The highest BCUT2D eigenvalue weighted by atomic mass is 14.8. The van der Waals surface area contributed by atoms with Crippen LogP contribution in [-0.2, 0) is 0 Å². The van der Waals surface area contributed by atoms with E-state index >= 15 is 0 Å². The Morgan fingerprint density at radius 1 is 0.821 bits per heavy atom. The molecule has 0 heteroatoms. The highest BCUT2D eigenvalue weighted by Crippen LogP contribution is 2.80. The average molecular weight is 385 g/mol. The van der Waals surface area contributed by atoms with Crippen molar-refractivity contribution >= 4 is 0 Å². The van der Waals surface area contributed by atoms with Gasteiger partial charge in [-0.15, -0.1) is 0 Å². The zero-order valence-electron chi connectivity index (χ0n) is 19.7. The lowest BCUT2D eigenvalue weighted by molar-refractivity contribution is -0.125. The second kappa shape index (κ2) is 6.75.